The highest BCUT2D eigenvalue weighted by atomic mass is 32.2. The molecule has 0 aliphatic heterocycles. The first-order valence-electron chi connectivity index (χ1n) is 8.76. The molecule has 0 aliphatic rings. The summed E-state index contributed by atoms with van der Waals surface area (Å²) in [4.78, 5) is 14.7. The van der Waals surface area contributed by atoms with Crippen molar-refractivity contribution < 1.29 is 9.18 Å². The maximum Gasteiger partial charge on any atom is 0.231 e. The SMILES string of the molecule is Cn1c(SCC(=O)NC(c2ccc(F)cc2)c2cccs2)nnc1-c1cccs1. The lowest BCUT2D eigenvalue weighted by molar-refractivity contribution is -0.119. The largest absolute Gasteiger partial charge is 0.344 e. The van der Waals surface area contributed by atoms with Crippen LogP contribution < -0.4 is 5.32 Å². The quantitative estimate of drug-likeness (QED) is 0.418. The fourth-order valence-electron chi connectivity index (χ4n) is 2.82. The normalized spacial score (nSPS) is 12.1. The van der Waals surface area contributed by atoms with E-state index in [1.807, 2.05) is 46.6 Å². The van der Waals surface area contributed by atoms with Gasteiger partial charge in [-0.3, -0.25) is 4.79 Å². The van der Waals surface area contributed by atoms with E-state index in [1.54, 1.807) is 34.8 Å². The summed E-state index contributed by atoms with van der Waals surface area (Å²) in [5, 5.41) is 16.1. The summed E-state index contributed by atoms with van der Waals surface area (Å²) >= 11 is 4.48. The Balaban J connectivity index is 1.44. The molecule has 4 rings (SSSR count). The minimum absolute atomic E-state index is 0.126. The van der Waals surface area contributed by atoms with Gasteiger partial charge in [-0.05, 0) is 40.6 Å². The second-order valence-electron chi connectivity index (χ2n) is 6.20. The molecule has 1 aromatic carbocycles. The van der Waals surface area contributed by atoms with Gasteiger partial charge in [-0.2, -0.15) is 0 Å². The number of halogens is 1. The van der Waals surface area contributed by atoms with Crippen molar-refractivity contribution in [2.45, 2.75) is 11.2 Å². The van der Waals surface area contributed by atoms with E-state index in [2.05, 4.69) is 15.5 Å². The van der Waals surface area contributed by atoms with Crippen molar-refractivity contribution in [3.05, 3.63) is 75.5 Å². The van der Waals surface area contributed by atoms with Crippen LogP contribution in [0.2, 0.25) is 0 Å². The first-order chi connectivity index (χ1) is 14.1. The summed E-state index contributed by atoms with van der Waals surface area (Å²) in [6, 6.07) is 13.7. The summed E-state index contributed by atoms with van der Waals surface area (Å²) in [5.74, 6) is 0.563. The van der Waals surface area contributed by atoms with E-state index in [0.29, 0.717) is 5.16 Å². The molecule has 0 bridgehead atoms. The number of hydrogen-bond donors (Lipinski definition) is 1. The molecular formula is C20H17FN4OS3. The number of rotatable bonds is 7. The summed E-state index contributed by atoms with van der Waals surface area (Å²) in [7, 11) is 1.89. The minimum Gasteiger partial charge on any atom is -0.344 e. The van der Waals surface area contributed by atoms with Gasteiger partial charge in [-0.1, -0.05) is 36.0 Å². The van der Waals surface area contributed by atoms with Crippen LogP contribution >= 0.6 is 34.4 Å². The van der Waals surface area contributed by atoms with E-state index in [1.165, 1.54) is 23.9 Å². The van der Waals surface area contributed by atoms with E-state index in [9.17, 15) is 9.18 Å². The number of nitrogens with zero attached hydrogens (tertiary/aromatic N) is 3. The standard InChI is InChI=1S/C20H17FN4OS3/c1-25-19(16-5-3-11-28-16)23-24-20(25)29-12-17(26)22-18(15-4-2-10-27-15)13-6-8-14(21)9-7-13/h2-11,18H,12H2,1H3,(H,22,26). The van der Waals surface area contributed by atoms with Gasteiger partial charge in [0.15, 0.2) is 11.0 Å². The summed E-state index contributed by atoms with van der Waals surface area (Å²) < 4.78 is 15.2. The van der Waals surface area contributed by atoms with Gasteiger partial charge in [-0.15, -0.1) is 32.9 Å². The van der Waals surface area contributed by atoms with Crippen molar-refractivity contribution >= 4 is 40.3 Å². The van der Waals surface area contributed by atoms with Gasteiger partial charge >= 0.3 is 0 Å². The monoisotopic (exact) mass is 444 g/mol. The number of amides is 1. The number of hydrogen-bond acceptors (Lipinski definition) is 6. The van der Waals surface area contributed by atoms with Crippen LogP contribution in [-0.4, -0.2) is 26.4 Å². The number of aromatic nitrogens is 3. The van der Waals surface area contributed by atoms with E-state index in [4.69, 9.17) is 0 Å². The molecule has 29 heavy (non-hydrogen) atoms. The molecule has 0 saturated carbocycles. The lowest BCUT2D eigenvalue weighted by Gasteiger charge is -2.18. The molecule has 1 unspecified atom stereocenters. The van der Waals surface area contributed by atoms with E-state index >= 15 is 0 Å². The van der Waals surface area contributed by atoms with Crippen LogP contribution in [0.3, 0.4) is 0 Å². The van der Waals surface area contributed by atoms with Crippen LogP contribution in [0.5, 0.6) is 0 Å². The predicted octanol–water partition coefficient (Wildman–Crippen LogP) is 4.74. The minimum atomic E-state index is -0.315. The molecule has 1 amide bonds. The molecule has 0 spiro atoms. The first kappa shape index (κ1) is 19.8. The van der Waals surface area contributed by atoms with Crippen molar-refractivity contribution in [1.82, 2.24) is 20.1 Å². The maximum absolute atomic E-state index is 13.3. The topological polar surface area (TPSA) is 59.8 Å². The van der Waals surface area contributed by atoms with E-state index in [0.717, 1.165) is 21.1 Å². The molecular weight excluding hydrogens is 427 g/mol. The van der Waals surface area contributed by atoms with Gasteiger partial charge in [0.2, 0.25) is 5.91 Å². The highest BCUT2D eigenvalue weighted by molar-refractivity contribution is 7.99. The van der Waals surface area contributed by atoms with Crippen molar-refractivity contribution in [2.75, 3.05) is 5.75 Å². The summed E-state index contributed by atoms with van der Waals surface area (Å²) in [6.07, 6.45) is 0. The van der Waals surface area contributed by atoms with Gasteiger partial charge in [0, 0.05) is 11.9 Å². The van der Waals surface area contributed by atoms with E-state index in [-0.39, 0.29) is 23.5 Å². The molecule has 0 radical (unpaired) electrons. The predicted molar refractivity (Wildman–Crippen MR) is 116 cm³/mol. The molecule has 0 aliphatic carbocycles. The Morgan fingerprint density at radius 2 is 1.90 bits per heavy atom. The number of carbonyl (C=O) groups excluding carboxylic acids is 1. The second-order valence-corrected chi connectivity index (χ2v) is 9.07. The molecule has 3 heterocycles. The van der Waals surface area contributed by atoms with Crippen LogP contribution in [0.4, 0.5) is 4.39 Å². The second kappa shape index (κ2) is 8.89. The average Bonchev–Trinajstić information content (AvgIpc) is 3.48. The van der Waals surface area contributed by atoms with Gasteiger partial charge in [0.1, 0.15) is 5.82 Å². The van der Waals surface area contributed by atoms with Crippen LogP contribution in [0.25, 0.3) is 10.7 Å². The van der Waals surface area contributed by atoms with Crippen LogP contribution in [-0.2, 0) is 11.8 Å². The molecule has 4 aromatic rings. The first-order valence-corrected chi connectivity index (χ1v) is 11.5. The summed E-state index contributed by atoms with van der Waals surface area (Å²) in [5.41, 5.74) is 0.839. The molecule has 9 heteroatoms. The molecule has 5 nitrogen and oxygen atoms in total. The molecule has 1 atom stereocenters. The van der Waals surface area contributed by atoms with Crippen molar-refractivity contribution in [3.8, 4) is 10.7 Å². The van der Waals surface area contributed by atoms with Crippen molar-refractivity contribution in [3.63, 3.8) is 0 Å². The van der Waals surface area contributed by atoms with Gasteiger partial charge in [0.25, 0.3) is 0 Å². The Labute approximate surface area is 179 Å². The fourth-order valence-corrected chi connectivity index (χ4v) is 5.09. The zero-order valence-corrected chi connectivity index (χ0v) is 17.9. The third-order valence-electron chi connectivity index (χ3n) is 4.25. The van der Waals surface area contributed by atoms with Crippen LogP contribution in [0, 0.1) is 5.82 Å². The smallest absolute Gasteiger partial charge is 0.231 e. The van der Waals surface area contributed by atoms with Gasteiger partial charge in [-0.25, -0.2) is 4.39 Å². The Hall–Kier alpha value is -2.49. The fraction of sp³-hybridized carbons (Fsp3) is 0.150. The highest BCUT2D eigenvalue weighted by Crippen LogP contribution is 2.28. The number of carbonyl (C=O) groups is 1. The number of thiophene rings is 2. The average molecular weight is 445 g/mol. The maximum atomic E-state index is 13.3. The zero-order chi connectivity index (χ0) is 20.2. The Morgan fingerprint density at radius 3 is 2.59 bits per heavy atom. The van der Waals surface area contributed by atoms with Crippen LogP contribution in [0.1, 0.15) is 16.5 Å². The molecule has 3 aromatic heterocycles. The summed E-state index contributed by atoms with van der Waals surface area (Å²) in [6.45, 7) is 0. The third-order valence-corrected chi connectivity index (χ3v) is 7.07. The Bertz CT molecular complexity index is 1080. The van der Waals surface area contributed by atoms with E-state index < -0.39 is 0 Å². The molecule has 0 saturated heterocycles. The lowest BCUT2D eigenvalue weighted by Crippen LogP contribution is -2.30. The molecule has 148 valence electrons. The number of thioether (sulfide) groups is 1. The Morgan fingerprint density at radius 1 is 1.14 bits per heavy atom. The van der Waals surface area contributed by atoms with Gasteiger partial charge in [0.05, 0.1) is 16.7 Å². The molecule has 1 N–H and O–H groups in total. The highest BCUT2D eigenvalue weighted by Gasteiger charge is 2.19. The zero-order valence-electron chi connectivity index (χ0n) is 15.4. The van der Waals surface area contributed by atoms with Crippen molar-refractivity contribution in [1.29, 1.82) is 0 Å². The Kier molecular flexibility index (Phi) is 6.08. The third kappa shape index (κ3) is 4.58. The van der Waals surface area contributed by atoms with Gasteiger partial charge < -0.3 is 9.88 Å². The van der Waals surface area contributed by atoms with Crippen LogP contribution in [0.15, 0.2) is 64.4 Å². The van der Waals surface area contributed by atoms with Crippen molar-refractivity contribution in [2.24, 2.45) is 7.05 Å². The lowest BCUT2D eigenvalue weighted by atomic mass is 10.1. The number of benzene rings is 1. The molecule has 0 fully saturated rings. The number of nitrogens with one attached hydrogen (secondary N) is 1.